The molecule has 0 heterocycles. The third kappa shape index (κ3) is 10.5. The van der Waals surface area contributed by atoms with Crippen molar-refractivity contribution in [2.45, 2.75) is 137 Å². The van der Waals surface area contributed by atoms with Crippen LogP contribution in [0, 0.1) is 0 Å². The van der Waals surface area contributed by atoms with Crippen LogP contribution in [-0.2, 0) is 44.1 Å². The summed E-state index contributed by atoms with van der Waals surface area (Å²) in [4.78, 5) is 25.2. The molecular formula is C38H57NO4. The van der Waals surface area contributed by atoms with Gasteiger partial charge in [0.05, 0.1) is 0 Å². The molecule has 2 rings (SSSR count). The summed E-state index contributed by atoms with van der Waals surface area (Å²) < 4.78 is 0. The van der Waals surface area contributed by atoms with Gasteiger partial charge in [0.25, 0.3) is 0 Å². The largest absolute Gasteiger partial charge is 0.507 e. The Morgan fingerprint density at radius 1 is 0.605 bits per heavy atom. The number of carbonyl (C=O) groups is 2. The molecule has 0 radical (unpaired) electrons. The third-order valence-electron chi connectivity index (χ3n) is 7.83. The summed E-state index contributed by atoms with van der Waals surface area (Å²) in [5.41, 5.74) is 4.91. The zero-order valence-corrected chi connectivity index (χ0v) is 28.9. The maximum atomic E-state index is 12.6. The quantitative estimate of drug-likeness (QED) is 0.242. The van der Waals surface area contributed by atoms with Gasteiger partial charge in [-0.3, -0.25) is 9.59 Å². The molecule has 5 nitrogen and oxygen atoms in total. The first-order valence-electron chi connectivity index (χ1n) is 15.7. The Morgan fingerprint density at radius 3 is 1.30 bits per heavy atom. The second kappa shape index (κ2) is 13.7. The molecule has 0 bridgehead atoms. The molecule has 0 aromatic heterocycles. The van der Waals surface area contributed by atoms with Crippen LogP contribution in [-0.4, -0.2) is 28.4 Å². The number of nitrogens with one attached hydrogen (secondary N) is 1. The normalized spacial score (nSPS) is 13.0. The molecule has 0 spiro atoms. The van der Waals surface area contributed by atoms with E-state index in [2.05, 4.69) is 88.4 Å². The number of ketones is 1. The highest BCUT2D eigenvalue weighted by atomic mass is 16.3. The molecule has 3 N–H and O–H groups in total. The van der Waals surface area contributed by atoms with E-state index < -0.39 is 0 Å². The topological polar surface area (TPSA) is 86.6 Å². The molecule has 0 aliphatic carbocycles. The van der Waals surface area contributed by atoms with Crippen molar-refractivity contribution in [2.75, 3.05) is 6.54 Å². The molecule has 0 atom stereocenters. The van der Waals surface area contributed by atoms with Gasteiger partial charge in [-0.15, -0.1) is 0 Å². The number of amides is 1. The lowest BCUT2D eigenvalue weighted by Gasteiger charge is -2.28. The first kappa shape index (κ1) is 36.1. The number of aryl methyl sites for hydroxylation is 2. The highest BCUT2D eigenvalue weighted by molar-refractivity contribution is 5.80. The van der Waals surface area contributed by atoms with E-state index in [-0.39, 0.29) is 33.4 Å². The Balaban J connectivity index is 1.91. The van der Waals surface area contributed by atoms with Crippen LogP contribution in [0.4, 0.5) is 0 Å². The fraction of sp³-hybridized carbons (Fsp3) is 0.579. The van der Waals surface area contributed by atoms with Gasteiger partial charge >= 0.3 is 0 Å². The molecule has 5 heteroatoms. The molecule has 0 saturated heterocycles. The highest BCUT2D eigenvalue weighted by Gasteiger charge is 2.28. The Bertz CT molecular complexity index is 1250. The predicted octanol–water partition coefficient (Wildman–Crippen LogP) is 8.48. The van der Waals surface area contributed by atoms with Gasteiger partial charge in [-0.2, -0.15) is 0 Å². The van der Waals surface area contributed by atoms with Gasteiger partial charge in [-0.25, -0.2) is 0 Å². The number of phenols is 2. The molecule has 0 saturated carbocycles. The van der Waals surface area contributed by atoms with Gasteiger partial charge in [0.2, 0.25) is 5.91 Å². The third-order valence-corrected chi connectivity index (χ3v) is 7.83. The second-order valence-corrected chi connectivity index (χ2v) is 16.1. The van der Waals surface area contributed by atoms with Crippen LogP contribution in [0.5, 0.6) is 11.5 Å². The van der Waals surface area contributed by atoms with Gasteiger partial charge in [0, 0.05) is 25.8 Å². The van der Waals surface area contributed by atoms with Crippen LogP contribution in [0.25, 0.3) is 0 Å². The number of phenolic OH excluding ortho intramolecular Hbond substituents is 2. The molecule has 0 fully saturated rings. The van der Waals surface area contributed by atoms with Crippen molar-refractivity contribution in [2.24, 2.45) is 0 Å². The average Bonchev–Trinajstić information content (AvgIpc) is 2.84. The average molecular weight is 592 g/mol. The minimum Gasteiger partial charge on any atom is -0.507 e. The Morgan fingerprint density at radius 2 is 0.953 bits per heavy atom. The van der Waals surface area contributed by atoms with Crippen LogP contribution in [0.15, 0.2) is 36.4 Å². The summed E-state index contributed by atoms with van der Waals surface area (Å²) >= 11 is 0. The number of carbonyl (C=O) groups excluding carboxylic acids is 2. The Labute approximate surface area is 261 Å². The van der Waals surface area contributed by atoms with E-state index in [1.54, 1.807) is 0 Å². The van der Waals surface area contributed by atoms with Crippen LogP contribution in [0.2, 0.25) is 0 Å². The Kier molecular flexibility index (Phi) is 11.5. The number of aromatic hydroxyl groups is 2. The molecule has 2 aromatic rings. The van der Waals surface area contributed by atoms with E-state index >= 15 is 0 Å². The maximum absolute atomic E-state index is 12.6. The van der Waals surface area contributed by atoms with E-state index in [1.165, 1.54) is 0 Å². The summed E-state index contributed by atoms with van der Waals surface area (Å²) in [6.45, 7) is 25.4. The van der Waals surface area contributed by atoms with Crippen LogP contribution in [0.1, 0.15) is 136 Å². The summed E-state index contributed by atoms with van der Waals surface area (Å²) in [5, 5.41) is 24.8. The molecule has 238 valence electrons. The molecular weight excluding hydrogens is 534 g/mol. The van der Waals surface area contributed by atoms with Crippen molar-refractivity contribution < 1.29 is 19.8 Å². The minimum absolute atomic E-state index is 0.0460. The van der Waals surface area contributed by atoms with Crippen molar-refractivity contribution in [1.29, 1.82) is 0 Å². The monoisotopic (exact) mass is 591 g/mol. The van der Waals surface area contributed by atoms with Gasteiger partial charge in [-0.05, 0) is 67.9 Å². The van der Waals surface area contributed by atoms with Crippen LogP contribution < -0.4 is 5.32 Å². The van der Waals surface area contributed by atoms with E-state index in [9.17, 15) is 19.8 Å². The number of rotatable bonds is 10. The predicted molar refractivity (Wildman–Crippen MR) is 179 cm³/mol. The Hall–Kier alpha value is -3.08. The first-order chi connectivity index (χ1) is 19.5. The zero-order valence-electron chi connectivity index (χ0n) is 28.9. The molecule has 1 amide bonds. The number of benzene rings is 2. The lowest BCUT2D eigenvalue weighted by Crippen LogP contribution is -2.24. The van der Waals surface area contributed by atoms with Crippen molar-refractivity contribution in [3.05, 3.63) is 69.8 Å². The van der Waals surface area contributed by atoms with E-state index in [0.29, 0.717) is 50.1 Å². The van der Waals surface area contributed by atoms with Gasteiger partial charge in [0.1, 0.15) is 17.3 Å². The second-order valence-electron chi connectivity index (χ2n) is 16.1. The number of allylic oxidation sites excluding steroid dienone is 1. The number of hydrogen-bond donors (Lipinski definition) is 3. The van der Waals surface area contributed by atoms with E-state index in [4.69, 9.17) is 0 Å². The minimum atomic E-state index is -0.209. The fourth-order valence-corrected chi connectivity index (χ4v) is 5.17. The molecule has 2 aromatic carbocycles. The maximum Gasteiger partial charge on any atom is 0.220 e. The summed E-state index contributed by atoms with van der Waals surface area (Å²) in [6.07, 6.45) is 5.98. The van der Waals surface area contributed by atoms with E-state index in [0.717, 1.165) is 33.4 Å². The lowest BCUT2D eigenvalue weighted by molar-refractivity contribution is -0.121. The lowest BCUT2D eigenvalue weighted by atomic mass is 9.78. The SMILES string of the molecule is CC(C)(C)c1cc(CCC(=O)C/C=C/CNC(=O)CCc2cc(C(C)(C)C)c(O)c(C(C)(C)C)c2)cc(C(C)(C)C)c1O. The smallest absolute Gasteiger partial charge is 0.220 e. The van der Waals surface area contributed by atoms with Gasteiger partial charge in [0.15, 0.2) is 0 Å². The highest BCUT2D eigenvalue weighted by Crippen LogP contribution is 2.41. The van der Waals surface area contributed by atoms with Crippen molar-refractivity contribution in [1.82, 2.24) is 5.32 Å². The zero-order chi connectivity index (χ0) is 33.0. The summed E-state index contributed by atoms with van der Waals surface area (Å²) in [6, 6.07) is 8.12. The van der Waals surface area contributed by atoms with Crippen LogP contribution in [0.3, 0.4) is 0 Å². The van der Waals surface area contributed by atoms with Crippen LogP contribution >= 0.6 is 0 Å². The van der Waals surface area contributed by atoms with Gasteiger partial charge < -0.3 is 15.5 Å². The first-order valence-corrected chi connectivity index (χ1v) is 15.7. The standard InChI is InChI=1S/C38H57NO4/c1-35(2,3)28-21-25(22-29(33(28)42)36(4,5)6)16-18-27(40)15-13-14-20-39-32(41)19-17-26-23-30(37(7,8)9)34(43)31(24-26)38(10,11)12/h13-14,21-24,42-43H,15-20H2,1-12H3,(H,39,41)/b14-13+. The number of Topliss-reactive ketones (excluding diaryl/α,β-unsaturated/α-hetero) is 1. The van der Waals surface area contributed by atoms with Crippen molar-refractivity contribution in [3.63, 3.8) is 0 Å². The van der Waals surface area contributed by atoms with Gasteiger partial charge in [-0.1, -0.05) is 120 Å². The molecule has 0 aliphatic heterocycles. The molecule has 0 unspecified atom stereocenters. The van der Waals surface area contributed by atoms with E-state index in [1.807, 2.05) is 36.4 Å². The van der Waals surface area contributed by atoms with Crippen molar-refractivity contribution >= 4 is 11.7 Å². The number of hydrogen-bond acceptors (Lipinski definition) is 4. The molecule has 43 heavy (non-hydrogen) atoms. The fourth-order valence-electron chi connectivity index (χ4n) is 5.17. The summed E-state index contributed by atoms with van der Waals surface area (Å²) in [5.74, 6) is 0.796. The van der Waals surface area contributed by atoms with Crippen molar-refractivity contribution in [3.8, 4) is 11.5 Å². The summed E-state index contributed by atoms with van der Waals surface area (Å²) in [7, 11) is 0. The molecule has 0 aliphatic rings.